The zero-order valence-corrected chi connectivity index (χ0v) is 23.9. The quantitative estimate of drug-likeness (QED) is 0.0706. The Hall–Kier alpha value is -6.06. The number of aromatic amines is 3. The number of H-pyrrole nitrogens is 3. The van der Waals surface area contributed by atoms with Crippen molar-refractivity contribution < 1.29 is 24.7 Å². The van der Waals surface area contributed by atoms with E-state index in [0.717, 1.165) is 27.7 Å². The van der Waals surface area contributed by atoms with Crippen LogP contribution < -0.4 is 28.7 Å². The predicted molar refractivity (Wildman–Crippen MR) is 173 cm³/mol. The second kappa shape index (κ2) is 13.5. The van der Waals surface area contributed by atoms with Gasteiger partial charge in [-0.25, -0.2) is 0 Å². The second-order valence-electron chi connectivity index (χ2n) is 10.3. The monoisotopic (exact) mass is 615 g/mol. The molecule has 0 bridgehead atoms. The third-order valence-electron chi connectivity index (χ3n) is 6.94. The van der Waals surface area contributed by atoms with Crippen molar-refractivity contribution in [1.82, 2.24) is 15.0 Å². The van der Waals surface area contributed by atoms with Crippen molar-refractivity contribution >= 4 is 67.4 Å². The molecular weight excluding hydrogens is 582 g/mol. The molecule has 0 saturated heterocycles. The van der Waals surface area contributed by atoms with Gasteiger partial charge in [0, 0.05) is 71.0 Å². The fraction of sp³-hybridized carbons (Fsp3) is 0.133. The number of nitrogens with zero attached hydrogens (tertiary/aromatic N) is 1. The number of non-ortho nitro benzene ring substituents is 1. The van der Waals surface area contributed by atoms with E-state index in [1.165, 1.54) is 17.6 Å². The van der Waals surface area contributed by atoms with Gasteiger partial charge in [-0.15, -0.1) is 0 Å². The topological polar surface area (TPSA) is 295 Å². The lowest BCUT2D eigenvalue weighted by molar-refractivity contribution is -0.383. The van der Waals surface area contributed by atoms with Crippen LogP contribution in [0.15, 0.2) is 73.2 Å². The first-order chi connectivity index (χ1) is 21.3. The molecule has 3 aromatic heterocycles. The molecule has 2 atom stereocenters. The fourth-order valence-electron chi connectivity index (χ4n) is 4.73. The van der Waals surface area contributed by atoms with Crippen LogP contribution in [0.4, 0.5) is 22.7 Å². The Kier molecular flexibility index (Phi) is 9.56. The Morgan fingerprint density at radius 2 is 1.29 bits per heavy atom. The van der Waals surface area contributed by atoms with Gasteiger partial charge in [0.1, 0.15) is 12.1 Å². The molecular formula is C30H33N9O6. The summed E-state index contributed by atoms with van der Waals surface area (Å²) < 4.78 is 0. The van der Waals surface area contributed by atoms with Gasteiger partial charge in [0.2, 0.25) is 0 Å². The van der Waals surface area contributed by atoms with E-state index in [2.05, 4.69) is 15.0 Å². The molecule has 15 N–H and O–H groups in total. The number of carboxylic acids is 2. The van der Waals surface area contributed by atoms with E-state index in [1.54, 1.807) is 18.3 Å². The van der Waals surface area contributed by atoms with E-state index in [4.69, 9.17) is 38.9 Å². The highest BCUT2D eigenvalue weighted by Gasteiger charge is 2.21. The smallest absolute Gasteiger partial charge is 0.320 e. The summed E-state index contributed by atoms with van der Waals surface area (Å²) >= 11 is 0. The molecule has 0 amide bonds. The van der Waals surface area contributed by atoms with Crippen LogP contribution in [0.25, 0.3) is 32.7 Å². The summed E-state index contributed by atoms with van der Waals surface area (Å²) in [5.41, 5.74) is 33.1. The first-order valence-electron chi connectivity index (χ1n) is 13.5. The minimum atomic E-state index is -1.16. The summed E-state index contributed by atoms with van der Waals surface area (Å²) in [6, 6.07) is 14.1. The van der Waals surface area contributed by atoms with Gasteiger partial charge in [-0.3, -0.25) is 19.7 Å². The number of nitrogens with two attached hydrogens (primary N) is 5. The number of aromatic nitrogens is 3. The largest absolute Gasteiger partial charge is 0.480 e. The molecule has 6 aromatic rings. The SMILES string of the molecule is Nc1cc([N+](=O)[O-])c2c(C[C@H](N)C(=O)O)c[nH]c2c1.Nc1ccc2c(C[C@H](N)C(=O)O)c[nH]c2c1.Nc1ccc2cc[nH]c2c1. The van der Waals surface area contributed by atoms with Gasteiger partial charge >= 0.3 is 11.9 Å². The molecule has 0 spiro atoms. The number of carbonyl (C=O) groups is 2. The Labute approximate surface area is 255 Å². The molecule has 15 heteroatoms. The lowest BCUT2D eigenvalue weighted by Crippen LogP contribution is -2.32. The Morgan fingerprint density at radius 3 is 1.93 bits per heavy atom. The van der Waals surface area contributed by atoms with Gasteiger partial charge in [0.15, 0.2) is 0 Å². The second-order valence-corrected chi connectivity index (χ2v) is 10.3. The highest BCUT2D eigenvalue weighted by atomic mass is 16.6. The van der Waals surface area contributed by atoms with Crippen molar-refractivity contribution in [1.29, 1.82) is 0 Å². The molecule has 0 aliphatic rings. The van der Waals surface area contributed by atoms with E-state index in [1.807, 2.05) is 42.6 Å². The zero-order chi connectivity index (χ0) is 32.8. The number of hydrogen-bond acceptors (Lipinski definition) is 9. The summed E-state index contributed by atoms with van der Waals surface area (Å²) in [6.07, 6.45) is 5.50. The number of hydrogen-bond donors (Lipinski definition) is 10. The minimum absolute atomic E-state index is 0.0000907. The number of anilines is 3. The maximum absolute atomic E-state index is 11.0. The van der Waals surface area contributed by atoms with Crippen LogP contribution in [0.1, 0.15) is 11.1 Å². The van der Waals surface area contributed by atoms with Gasteiger partial charge < -0.3 is 53.8 Å². The maximum Gasteiger partial charge on any atom is 0.320 e. The average Bonchev–Trinajstić information content (AvgIpc) is 3.71. The van der Waals surface area contributed by atoms with E-state index in [0.29, 0.717) is 28.6 Å². The first kappa shape index (κ1) is 31.9. The van der Waals surface area contributed by atoms with Crippen molar-refractivity contribution in [2.24, 2.45) is 11.5 Å². The summed E-state index contributed by atoms with van der Waals surface area (Å²) in [5.74, 6) is -2.16. The average molecular weight is 616 g/mol. The standard InChI is InChI=1S/C11H12N4O4.C11H13N3O2.C8H8N2/c12-6-2-8-10(9(3-6)15(18)19)5(4-14-8)1-7(13)11(16)17;12-7-1-2-8-6(3-9(13)11(15)16)5-14-10(8)4-7;9-7-2-1-6-3-4-10-8(6)5-7/h2-4,7,14H,1,12-13H2,(H,16,17);1-2,4-5,9,14H,3,12-13H2,(H,15,16);1-5,10H,9H2/t7-;9-;/m00./s1. The molecule has 6 rings (SSSR count). The van der Waals surface area contributed by atoms with Crippen LogP contribution in [0.5, 0.6) is 0 Å². The lowest BCUT2D eigenvalue weighted by Gasteiger charge is -2.05. The Bertz CT molecular complexity index is 1990. The highest BCUT2D eigenvalue weighted by Crippen LogP contribution is 2.31. The Balaban J connectivity index is 0.000000160. The van der Waals surface area contributed by atoms with Crippen LogP contribution in [0.3, 0.4) is 0 Å². The number of nitro groups is 1. The zero-order valence-electron chi connectivity index (χ0n) is 23.9. The van der Waals surface area contributed by atoms with Gasteiger partial charge in [-0.1, -0.05) is 12.1 Å². The van der Waals surface area contributed by atoms with E-state index in [-0.39, 0.29) is 17.8 Å². The number of carboxylic acid groups (broad SMARTS) is 2. The predicted octanol–water partition coefficient (Wildman–Crippen LogP) is 3.07. The number of rotatable bonds is 7. The number of nitro benzene ring substituents is 1. The molecule has 0 saturated carbocycles. The van der Waals surface area contributed by atoms with E-state index < -0.39 is 28.9 Å². The number of aliphatic carboxylic acids is 2. The van der Waals surface area contributed by atoms with Crippen LogP contribution in [0, 0.1) is 10.1 Å². The van der Waals surface area contributed by atoms with Crippen molar-refractivity contribution in [3.05, 3.63) is 94.4 Å². The molecule has 45 heavy (non-hydrogen) atoms. The molecule has 0 unspecified atom stereocenters. The number of nitrogen functional groups attached to an aromatic ring is 3. The molecule has 3 aromatic carbocycles. The van der Waals surface area contributed by atoms with E-state index in [9.17, 15) is 19.7 Å². The molecule has 0 aliphatic carbocycles. The van der Waals surface area contributed by atoms with Crippen molar-refractivity contribution in [3.8, 4) is 0 Å². The number of benzene rings is 3. The third kappa shape index (κ3) is 7.67. The van der Waals surface area contributed by atoms with Crippen LogP contribution in [-0.4, -0.2) is 54.1 Å². The molecule has 0 aliphatic heterocycles. The van der Waals surface area contributed by atoms with Crippen molar-refractivity contribution in [3.63, 3.8) is 0 Å². The van der Waals surface area contributed by atoms with Crippen LogP contribution in [0.2, 0.25) is 0 Å². The molecule has 3 heterocycles. The lowest BCUT2D eigenvalue weighted by atomic mass is 10.0. The third-order valence-corrected chi connectivity index (χ3v) is 6.94. The van der Waals surface area contributed by atoms with Gasteiger partial charge in [0.25, 0.3) is 5.69 Å². The maximum atomic E-state index is 11.0. The summed E-state index contributed by atoms with van der Waals surface area (Å²) in [7, 11) is 0. The summed E-state index contributed by atoms with van der Waals surface area (Å²) in [5, 5.41) is 31.1. The van der Waals surface area contributed by atoms with E-state index >= 15 is 0 Å². The molecule has 15 nitrogen and oxygen atoms in total. The van der Waals surface area contributed by atoms with Crippen LogP contribution in [-0.2, 0) is 22.4 Å². The van der Waals surface area contributed by atoms with Gasteiger partial charge in [0.05, 0.1) is 15.8 Å². The fourth-order valence-corrected chi connectivity index (χ4v) is 4.73. The number of nitrogens with one attached hydrogen (secondary N) is 3. The first-order valence-corrected chi connectivity index (χ1v) is 13.5. The number of fused-ring (bicyclic) bond motifs is 3. The summed E-state index contributed by atoms with van der Waals surface area (Å²) in [6.45, 7) is 0. The van der Waals surface area contributed by atoms with Crippen molar-refractivity contribution in [2.45, 2.75) is 24.9 Å². The Morgan fingerprint density at radius 1 is 0.733 bits per heavy atom. The molecule has 234 valence electrons. The summed E-state index contributed by atoms with van der Waals surface area (Å²) in [4.78, 5) is 40.8. The van der Waals surface area contributed by atoms with Crippen molar-refractivity contribution in [2.75, 3.05) is 17.2 Å². The highest BCUT2D eigenvalue weighted by molar-refractivity contribution is 5.95. The minimum Gasteiger partial charge on any atom is -0.480 e. The van der Waals surface area contributed by atoms with Gasteiger partial charge in [-0.2, -0.15) is 0 Å². The van der Waals surface area contributed by atoms with Gasteiger partial charge in [-0.05, 0) is 52.9 Å². The van der Waals surface area contributed by atoms with Crippen LogP contribution >= 0.6 is 0 Å². The molecule has 0 radical (unpaired) electrons. The molecule has 0 fully saturated rings. The normalized spacial score (nSPS) is 12.1.